The topological polar surface area (TPSA) is 80.6 Å². The van der Waals surface area contributed by atoms with Gasteiger partial charge in [0.05, 0.1) is 0 Å². The first-order chi connectivity index (χ1) is 9.47. The summed E-state index contributed by atoms with van der Waals surface area (Å²) in [4.78, 5) is 16.0. The average molecular weight is 279 g/mol. The van der Waals surface area contributed by atoms with Crippen LogP contribution in [0.2, 0.25) is 0 Å². The lowest BCUT2D eigenvalue weighted by atomic mass is 9.99. The van der Waals surface area contributed by atoms with E-state index < -0.39 is 0 Å². The van der Waals surface area contributed by atoms with Crippen LogP contribution in [0.4, 0.5) is 11.4 Å². The normalized spacial score (nSPS) is 12.3. The molecule has 0 saturated heterocycles. The number of rotatable bonds is 7. The van der Waals surface area contributed by atoms with Crippen molar-refractivity contribution in [1.82, 2.24) is 4.57 Å². The summed E-state index contributed by atoms with van der Waals surface area (Å²) in [6.07, 6.45) is 4.22. The van der Waals surface area contributed by atoms with Gasteiger partial charge in [-0.15, -0.1) is 0 Å². The minimum Gasteiger partial charge on any atom is -0.493 e. The summed E-state index contributed by atoms with van der Waals surface area (Å²) < 4.78 is 1.33. The third kappa shape index (κ3) is 3.21. The Morgan fingerprint density at radius 1 is 1.45 bits per heavy atom. The van der Waals surface area contributed by atoms with Crippen LogP contribution in [0, 0.1) is 12.8 Å². The van der Waals surface area contributed by atoms with E-state index in [4.69, 9.17) is 5.73 Å². The van der Waals surface area contributed by atoms with Gasteiger partial charge < -0.3 is 10.8 Å². The molecule has 0 spiro atoms. The SMILES string of the molecule is C=Nc1c(C)c(N)c(=O)n(CC(CC)CCCC)c1O. The number of nitrogens with zero attached hydrogens (tertiary/aromatic N) is 2. The number of aliphatic imine (C=N–C) groups is 1. The number of hydrogen-bond donors (Lipinski definition) is 2. The van der Waals surface area contributed by atoms with Crippen molar-refractivity contribution in [2.24, 2.45) is 10.9 Å². The van der Waals surface area contributed by atoms with Gasteiger partial charge in [-0.05, 0) is 26.0 Å². The van der Waals surface area contributed by atoms with Gasteiger partial charge in [0.2, 0.25) is 5.88 Å². The molecule has 0 aliphatic carbocycles. The van der Waals surface area contributed by atoms with Gasteiger partial charge in [0.1, 0.15) is 11.4 Å². The summed E-state index contributed by atoms with van der Waals surface area (Å²) in [5.41, 5.74) is 6.39. The number of aromatic hydroxyl groups is 1. The van der Waals surface area contributed by atoms with E-state index in [9.17, 15) is 9.90 Å². The van der Waals surface area contributed by atoms with E-state index in [2.05, 4.69) is 25.6 Å². The van der Waals surface area contributed by atoms with Crippen LogP contribution in [-0.2, 0) is 6.54 Å². The summed E-state index contributed by atoms with van der Waals surface area (Å²) in [6.45, 7) is 9.79. The highest BCUT2D eigenvalue weighted by Crippen LogP contribution is 2.32. The van der Waals surface area contributed by atoms with Crippen LogP contribution >= 0.6 is 0 Å². The molecule has 0 amide bonds. The molecule has 1 aromatic heterocycles. The predicted octanol–water partition coefficient (Wildman–Crippen LogP) is 2.99. The molecule has 112 valence electrons. The molecule has 5 heteroatoms. The Kier molecular flexibility index (Phi) is 5.80. The number of anilines is 1. The number of hydrogen-bond acceptors (Lipinski definition) is 4. The molecule has 0 saturated carbocycles. The van der Waals surface area contributed by atoms with E-state index in [1.54, 1.807) is 6.92 Å². The molecule has 1 heterocycles. The second-order valence-corrected chi connectivity index (χ2v) is 5.20. The van der Waals surface area contributed by atoms with Gasteiger partial charge in [0, 0.05) is 12.1 Å². The van der Waals surface area contributed by atoms with Crippen molar-refractivity contribution in [3.63, 3.8) is 0 Å². The van der Waals surface area contributed by atoms with E-state index in [-0.39, 0.29) is 17.1 Å². The fraction of sp³-hybridized carbons (Fsp3) is 0.600. The molecule has 1 aromatic rings. The van der Waals surface area contributed by atoms with Crippen LogP contribution < -0.4 is 11.3 Å². The summed E-state index contributed by atoms with van der Waals surface area (Å²) in [5.74, 6) is 0.213. The molecular formula is C15H25N3O2. The molecule has 0 fully saturated rings. The van der Waals surface area contributed by atoms with Gasteiger partial charge in [-0.3, -0.25) is 14.4 Å². The van der Waals surface area contributed by atoms with Crippen molar-refractivity contribution in [2.75, 3.05) is 5.73 Å². The van der Waals surface area contributed by atoms with Gasteiger partial charge in [-0.25, -0.2) is 0 Å². The molecule has 3 N–H and O–H groups in total. The van der Waals surface area contributed by atoms with Crippen molar-refractivity contribution in [3.05, 3.63) is 15.9 Å². The largest absolute Gasteiger partial charge is 0.493 e. The molecule has 0 radical (unpaired) electrons. The Labute approximate surface area is 120 Å². The van der Waals surface area contributed by atoms with Gasteiger partial charge in [0.25, 0.3) is 5.56 Å². The van der Waals surface area contributed by atoms with Crippen LogP contribution in [-0.4, -0.2) is 16.4 Å². The van der Waals surface area contributed by atoms with Crippen molar-refractivity contribution in [2.45, 2.75) is 53.0 Å². The first kappa shape index (κ1) is 16.3. The molecule has 0 aliphatic heterocycles. The minimum absolute atomic E-state index is 0.133. The van der Waals surface area contributed by atoms with Crippen molar-refractivity contribution < 1.29 is 5.11 Å². The van der Waals surface area contributed by atoms with E-state index in [0.29, 0.717) is 23.7 Å². The van der Waals surface area contributed by atoms with Crippen LogP contribution in [0.3, 0.4) is 0 Å². The Morgan fingerprint density at radius 3 is 2.60 bits per heavy atom. The second kappa shape index (κ2) is 7.12. The molecular weight excluding hydrogens is 254 g/mol. The third-order valence-electron chi connectivity index (χ3n) is 3.84. The van der Waals surface area contributed by atoms with Gasteiger partial charge in [0.15, 0.2) is 0 Å². The fourth-order valence-electron chi connectivity index (χ4n) is 2.36. The van der Waals surface area contributed by atoms with Crippen molar-refractivity contribution >= 4 is 18.1 Å². The Balaban J connectivity index is 3.21. The van der Waals surface area contributed by atoms with Gasteiger partial charge in [-0.2, -0.15) is 0 Å². The molecule has 1 unspecified atom stereocenters. The quantitative estimate of drug-likeness (QED) is 0.753. The van der Waals surface area contributed by atoms with Crippen molar-refractivity contribution in [1.29, 1.82) is 0 Å². The van der Waals surface area contributed by atoms with Crippen molar-refractivity contribution in [3.8, 4) is 5.88 Å². The number of nitrogens with two attached hydrogens (primary N) is 1. The maximum atomic E-state index is 12.2. The summed E-state index contributed by atoms with van der Waals surface area (Å²) in [6, 6.07) is 0. The average Bonchev–Trinajstić information content (AvgIpc) is 2.45. The molecule has 1 atom stereocenters. The molecule has 5 nitrogen and oxygen atoms in total. The highest BCUT2D eigenvalue weighted by molar-refractivity contribution is 5.66. The maximum absolute atomic E-state index is 12.2. The standard InChI is InChI=1S/C15H25N3O2/c1-5-7-8-11(6-2)9-18-14(19)12(16)10(3)13(17-4)15(18)20/h11,20H,4-9,16H2,1-3H3. The smallest absolute Gasteiger partial charge is 0.276 e. The second-order valence-electron chi connectivity index (χ2n) is 5.20. The summed E-state index contributed by atoms with van der Waals surface area (Å²) in [5, 5.41) is 10.2. The zero-order valence-electron chi connectivity index (χ0n) is 12.6. The Morgan fingerprint density at radius 2 is 2.10 bits per heavy atom. The number of pyridine rings is 1. The summed E-state index contributed by atoms with van der Waals surface area (Å²) >= 11 is 0. The van der Waals surface area contributed by atoms with Crippen LogP contribution in [0.5, 0.6) is 5.88 Å². The maximum Gasteiger partial charge on any atom is 0.276 e. The number of nitrogen functional groups attached to an aromatic ring is 1. The zero-order valence-corrected chi connectivity index (χ0v) is 12.6. The zero-order chi connectivity index (χ0) is 15.3. The predicted molar refractivity (Wildman–Crippen MR) is 84.0 cm³/mol. The molecule has 1 rings (SSSR count). The van der Waals surface area contributed by atoms with E-state index in [1.807, 2.05) is 0 Å². The van der Waals surface area contributed by atoms with Crippen LogP contribution in [0.25, 0.3) is 0 Å². The molecule has 0 aromatic carbocycles. The molecule has 0 aliphatic rings. The first-order valence-electron chi connectivity index (χ1n) is 7.16. The van der Waals surface area contributed by atoms with Crippen LogP contribution in [0.15, 0.2) is 9.79 Å². The Bertz CT molecular complexity index is 535. The Hall–Kier alpha value is -1.78. The van der Waals surface area contributed by atoms with E-state index in [1.165, 1.54) is 4.57 Å². The van der Waals surface area contributed by atoms with Gasteiger partial charge in [-0.1, -0.05) is 33.1 Å². The molecule has 20 heavy (non-hydrogen) atoms. The van der Waals surface area contributed by atoms with E-state index in [0.717, 1.165) is 25.7 Å². The lowest BCUT2D eigenvalue weighted by Gasteiger charge is -2.19. The highest BCUT2D eigenvalue weighted by atomic mass is 16.3. The monoisotopic (exact) mass is 279 g/mol. The van der Waals surface area contributed by atoms with Gasteiger partial charge >= 0.3 is 0 Å². The fourth-order valence-corrected chi connectivity index (χ4v) is 2.36. The number of unbranched alkanes of at least 4 members (excludes halogenated alkanes) is 1. The number of aromatic nitrogens is 1. The molecule has 0 bridgehead atoms. The van der Waals surface area contributed by atoms with Crippen LogP contribution in [0.1, 0.15) is 45.1 Å². The van der Waals surface area contributed by atoms with E-state index >= 15 is 0 Å². The summed E-state index contributed by atoms with van der Waals surface area (Å²) in [7, 11) is 0. The third-order valence-corrected chi connectivity index (χ3v) is 3.84. The minimum atomic E-state index is -0.345. The lowest BCUT2D eigenvalue weighted by Crippen LogP contribution is -2.27. The highest BCUT2D eigenvalue weighted by Gasteiger charge is 2.18. The first-order valence-corrected chi connectivity index (χ1v) is 7.16. The lowest BCUT2D eigenvalue weighted by molar-refractivity contribution is 0.341.